The quantitative estimate of drug-likeness (QED) is 0.897. The van der Waals surface area contributed by atoms with Gasteiger partial charge in [0.15, 0.2) is 5.13 Å². The van der Waals surface area contributed by atoms with E-state index in [-0.39, 0.29) is 5.56 Å². The first-order chi connectivity index (χ1) is 9.11. The number of hydrogen-bond donors (Lipinski definition) is 2. The molecule has 0 saturated heterocycles. The molecule has 19 heavy (non-hydrogen) atoms. The summed E-state index contributed by atoms with van der Waals surface area (Å²) in [5.41, 5.74) is 6.11. The standard InChI is InChI=1S/C12H12FN3O2S/c1-18-9-3-2-7(13)6-8(9)10(14)11(17)16-12-15-4-5-19-12/h2-6,10H,14H2,1H3,(H,15,16,17). The number of anilines is 1. The lowest BCUT2D eigenvalue weighted by Crippen LogP contribution is -2.28. The number of carbonyl (C=O) groups excluding carboxylic acids is 1. The highest BCUT2D eigenvalue weighted by Gasteiger charge is 2.21. The third kappa shape index (κ3) is 3.07. The van der Waals surface area contributed by atoms with Crippen LogP contribution in [0, 0.1) is 5.82 Å². The molecular formula is C12H12FN3O2S. The van der Waals surface area contributed by atoms with E-state index in [1.807, 2.05) is 0 Å². The Labute approximate surface area is 113 Å². The first-order valence-corrected chi connectivity index (χ1v) is 6.29. The highest BCUT2D eigenvalue weighted by molar-refractivity contribution is 7.13. The third-order valence-electron chi connectivity index (χ3n) is 2.47. The van der Waals surface area contributed by atoms with Crippen molar-refractivity contribution >= 4 is 22.4 Å². The molecule has 1 unspecified atom stereocenters. The van der Waals surface area contributed by atoms with Crippen molar-refractivity contribution in [2.45, 2.75) is 6.04 Å². The van der Waals surface area contributed by atoms with Crippen molar-refractivity contribution in [3.05, 3.63) is 41.2 Å². The Balaban J connectivity index is 2.21. The molecule has 7 heteroatoms. The Kier molecular flexibility index (Phi) is 4.08. The van der Waals surface area contributed by atoms with Crippen molar-refractivity contribution in [3.63, 3.8) is 0 Å². The molecule has 1 atom stereocenters. The number of hydrogen-bond acceptors (Lipinski definition) is 5. The number of rotatable bonds is 4. The van der Waals surface area contributed by atoms with Crippen LogP contribution < -0.4 is 15.8 Å². The zero-order valence-corrected chi connectivity index (χ0v) is 10.9. The highest BCUT2D eigenvalue weighted by atomic mass is 32.1. The van der Waals surface area contributed by atoms with Gasteiger partial charge in [-0.25, -0.2) is 9.37 Å². The average molecular weight is 281 g/mol. The highest BCUT2D eigenvalue weighted by Crippen LogP contribution is 2.25. The predicted molar refractivity (Wildman–Crippen MR) is 70.6 cm³/mol. The number of ether oxygens (including phenoxy) is 1. The van der Waals surface area contributed by atoms with Crippen LogP contribution in [-0.2, 0) is 4.79 Å². The summed E-state index contributed by atoms with van der Waals surface area (Å²) >= 11 is 1.27. The van der Waals surface area contributed by atoms with Crippen molar-refractivity contribution < 1.29 is 13.9 Å². The van der Waals surface area contributed by atoms with Gasteiger partial charge < -0.3 is 15.8 Å². The van der Waals surface area contributed by atoms with Gasteiger partial charge in [-0.05, 0) is 18.2 Å². The zero-order valence-electron chi connectivity index (χ0n) is 10.1. The van der Waals surface area contributed by atoms with E-state index in [2.05, 4.69) is 10.3 Å². The number of nitrogens with two attached hydrogens (primary N) is 1. The summed E-state index contributed by atoms with van der Waals surface area (Å²) in [4.78, 5) is 15.9. The number of nitrogens with one attached hydrogen (secondary N) is 1. The van der Waals surface area contributed by atoms with E-state index in [0.29, 0.717) is 10.9 Å². The van der Waals surface area contributed by atoms with Crippen LogP contribution in [0.15, 0.2) is 29.8 Å². The van der Waals surface area contributed by atoms with Gasteiger partial charge in [0.25, 0.3) is 0 Å². The second-order valence-corrected chi connectivity index (χ2v) is 4.59. The molecule has 0 saturated carbocycles. The average Bonchev–Trinajstić information content (AvgIpc) is 2.90. The molecule has 0 spiro atoms. The van der Waals surface area contributed by atoms with Gasteiger partial charge in [0.2, 0.25) is 5.91 Å². The van der Waals surface area contributed by atoms with Gasteiger partial charge in [0.1, 0.15) is 17.6 Å². The van der Waals surface area contributed by atoms with Crippen molar-refractivity contribution in [1.29, 1.82) is 0 Å². The monoisotopic (exact) mass is 281 g/mol. The molecule has 0 aliphatic carbocycles. The molecule has 100 valence electrons. The Morgan fingerprint density at radius 3 is 3.00 bits per heavy atom. The summed E-state index contributed by atoms with van der Waals surface area (Å²) in [5.74, 6) is -0.588. The maximum Gasteiger partial charge on any atom is 0.247 e. The summed E-state index contributed by atoms with van der Waals surface area (Å²) in [7, 11) is 1.43. The minimum absolute atomic E-state index is 0.288. The summed E-state index contributed by atoms with van der Waals surface area (Å²) in [6.07, 6.45) is 1.56. The molecule has 1 aromatic carbocycles. The topological polar surface area (TPSA) is 77.2 Å². The van der Waals surface area contributed by atoms with Crippen LogP contribution in [0.2, 0.25) is 0 Å². The van der Waals surface area contributed by atoms with Crippen molar-refractivity contribution in [2.75, 3.05) is 12.4 Å². The minimum Gasteiger partial charge on any atom is -0.496 e. The van der Waals surface area contributed by atoms with Crippen LogP contribution in [0.5, 0.6) is 5.75 Å². The molecule has 2 rings (SSSR count). The molecule has 3 N–H and O–H groups in total. The number of nitrogens with zero attached hydrogens (tertiary/aromatic N) is 1. The summed E-state index contributed by atoms with van der Waals surface area (Å²) in [6, 6.07) is 2.83. The van der Waals surface area contributed by atoms with Crippen LogP contribution >= 0.6 is 11.3 Å². The number of benzene rings is 1. The van der Waals surface area contributed by atoms with Gasteiger partial charge in [0.05, 0.1) is 7.11 Å². The second kappa shape index (κ2) is 5.77. The molecule has 0 aliphatic rings. The van der Waals surface area contributed by atoms with Crippen LogP contribution in [-0.4, -0.2) is 18.0 Å². The second-order valence-electron chi connectivity index (χ2n) is 3.69. The number of amides is 1. The van der Waals surface area contributed by atoms with Crippen LogP contribution in [0.1, 0.15) is 11.6 Å². The predicted octanol–water partition coefficient (Wildman–Crippen LogP) is 1.93. The molecule has 0 fully saturated rings. The Morgan fingerprint density at radius 2 is 2.37 bits per heavy atom. The number of methoxy groups -OCH3 is 1. The molecule has 2 aromatic rings. The number of thiazole rings is 1. The zero-order chi connectivity index (χ0) is 13.8. The maximum absolute atomic E-state index is 13.2. The molecule has 5 nitrogen and oxygen atoms in total. The van der Waals surface area contributed by atoms with E-state index < -0.39 is 17.8 Å². The molecule has 0 radical (unpaired) electrons. The van der Waals surface area contributed by atoms with Crippen LogP contribution in [0.25, 0.3) is 0 Å². The van der Waals surface area contributed by atoms with Gasteiger partial charge in [-0.15, -0.1) is 11.3 Å². The fourth-order valence-electron chi connectivity index (χ4n) is 1.56. The number of aromatic nitrogens is 1. The molecule has 1 amide bonds. The van der Waals surface area contributed by atoms with Crippen LogP contribution in [0.4, 0.5) is 9.52 Å². The van der Waals surface area contributed by atoms with E-state index in [0.717, 1.165) is 0 Å². The molecular weight excluding hydrogens is 269 g/mol. The Bertz CT molecular complexity index is 574. The summed E-state index contributed by atoms with van der Waals surface area (Å²) < 4.78 is 18.3. The van der Waals surface area contributed by atoms with Crippen molar-refractivity contribution in [1.82, 2.24) is 4.98 Å². The van der Waals surface area contributed by atoms with Gasteiger partial charge in [-0.2, -0.15) is 0 Å². The summed E-state index contributed by atoms with van der Waals surface area (Å²) in [6.45, 7) is 0. The first kappa shape index (κ1) is 13.4. The van der Waals surface area contributed by atoms with Gasteiger partial charge >= 0.3 is 0 Å². The van der Waals surface area contributed by atoms with Gasteiger partial charge in [-0.1, -0.05) is 0 Å². The van der Waals surface area contributed by atoms with E-state index in [9.17, 15) is 9.18 Å². The third-order valence-corrected chi connectivity index (χ3v) is 3.16. The largest absolute Gasteiger partial charge is 0.496 e. The van der Waals surface area contributed by atoms with Gasteiger partial charge in [-0.3, -0.25) is 4.79 Å². The minimum atomic E-state index is -1.03. The van der Waals surface area contributed by atoms with E-state index in [4.69, 9.17) is 10.5 Å². The summed E-state index contributed by atoms with van der Waals surface area (Å²) in [5, 5.41) is 4.72. The van der Waals surface area contributed by atoms with E-state index >= 15 is 0 Å². The lowest BCUT2D eigenvalue weighted by atomic mass is 10.1. The maximum atomic E-state index is 13.2. The normalized spacial score (nSPS) is 11.9. The lowest BCUT2D eigenvalue weighted by Gasteiger charge is -2.14. The fraction of sp³-hybridized carbons (Fsp3) is 0.167. The SMILES string of the molecule is COc1ccc(F)cc1C(N)C(=O)Nc1nccs1. The number of carbonyl (C=O) groups is 1. The smallest absolute Gasteiger partial charge is 0.247 e. The molecule has 1 aromatic heterocycles. The fourth-order valence-corrected chi connectivity index (χ4v) is 2.09. The van der Waals surface area contributed by atoms with Gasteiger partial charge in [0, 0.05) is 17.1 Å². The van der Waals surface area contributed by atoms with E-state index in [1.54, 1.807) is 11.6 Å². The van der Waals surface area contributed by atoms with Crippen molar-refractivity contribution in [2.24, 2.45) is 5.73 Å². The van der Waals surface area contributed by atoms with E-state index in [1.165, 1.54) is 36.6 Å². The molecule has 0 bridgehead atoms. The Hall–Kier alpha value is -1.99. The van der Waals surface area contributed by atoms with Crippen LogP contribution in [0.3, 0.4) is 0 Å². The number of halogens is 1. The Morgan fingerprint density at radius 1 is 1.58 bits per heavy atom. The first-order valence-electron chi connectivity index (χ1n) is 5.41. The molecule has 1 heterocycles. The van der Waals surface area contributed by atoms with Crippen molar-refractivity contribution in [3.8, 4) is 5.75 Å². The molecule has 0 aliphatic heterocycles. The lowest BCUT2D eigenvalue weighted by molar-refractivity contribution is -0.117.